The molecule has 0 aliphatic heterocycles. The average Bonchev–Trinajstić information content (AvgIpc) is 2.21. The van der Waals surface area contributed by atoms with Crippen molar-refractivity contribution in [2.75, 3.05) is 13.6 Å². The molecule has 3 nitrogen and oxygen atoms in total. The van der Waals surface area contributed by atoms with Crippen LogP contribution in [0, 0.1) is 17.2 Å². The lowest BCUT2D eigenvalue weighted by Gasteiger charge is -2.17. The van der Waals surface area contributed by atoms with E-state index in [9.17, 15) is 0 Å². The molecule has 1 aromatic rings. The smallest absolute Gasteiger partial charge is 0.129 e. The number of hydrogen-bond acceptors (Lipinski definition) is 3. The Bertz CT molecular complexity index is 342. The van der Waals surface area contributed by atoms with Gasteiger partial charge >= 0.3 is 0 Å². The van der Waals surface area contributed by atoms with Gasteiger partial charge in [-0.1, -0.05) is 17.7 Å². The molecule has 0 fully saturated rings. The SMILES string of the molecule is CC(C#N)CN(C)Cc1ccc(Cl)nc1. The van der Waals surface area contributed by atoms with Gasteiger partial charge in [0, 0.05) is 19.3 Å². The van der Waals surface area contributed by atoms with E-state index < -0.39 is 0 Å². The van der Waals surface area contributed by atoms with Crippen molar-refractivity contribution in [3.63, 3.8) is 0 Å². The molecule has 0 aliphatic rings. The fourth-order valence-corrected chi connectivity index (χ4v) is 1.50. The van der Waals surface area contributed by atoms with Crippen LogP contribution >= 0.6 is 11.6 Å². The van der Waals surface area contributed by atoms with Gasteiger partial charge in [0.05, 0.1) is 12.0 Å². The molecule has 1 unspecified atom stereocenters. The highest BCUT2D eigenvalue weighted by atomic mass is 35.5. The number of halogens is 1. The van der Waals surface area contributed by atoms with Gasteiger partial charge in [0.15, 0.2) is 0 Å². The second kappa shape index (κ2) is 5.69. The molecule has 15 heavy (non-hydrogen) atoms. The first kappa shape index (κ1) is 12.0. The lowest BCUT2D eigenvalue weighted by atomic mass is 10.2. The van der Waals surface area contributed by atoms with Crippen molar-refractivity contribution in [3.05, 3.63) is 29.0 Å². The second-order valence-electron chi connectivity index (χ2n) is 3.72. The minimum Gasteiger partial charge on any atom is -0.301 e. The fourth-order valence-electron chi connectivity index (χ4n) is 1.38. The summed E-state index contributed by atoms with van der Waals surface area (Å²) < 4.78 is 0. The Balaban J connectivity index is 2.48. The van der Waals surface area contributed by atoms with Gasteiger partial charge in [0.2, 0.25) is 0 Å². The largest absolute Gasteiger partial charge is 0.301 e. The molecular weight excluding hydrogens is 210 g/mol. The average molecular weight is 224 g/mol. The lowest BCUT2D eigenvalue weighted by molar-refractivity contribution is 0.303. The molecule has 0 aliphatic carbocycles. The molecule has 1 heterocycles. The number of pyridine rings is 1. The number of aromatic nitrogens is 1. The Morgan fingerprint density at radius 2 is 2.33 bits per heavy atom. The van der Waals surface area contributed by atoms with Crippen LogP contribution in [0.15, 0.2) is 18.3 Å². The van der Waals surface area contributed by atoms with Crippen LogP contribution in [0.3, 0.4) is 0 Å². The first-order valence-electron chi connectivity index (χ1n) is 4.80. The summed E-state index contributed by atoms with van der Waals surface area (Å²) in [6.45, 7) is 3.46. The van der Waals surface area contributed by atoms with Crippen molar-refractivity contribution >= 4 is 11.6 Å². The summed E-state index contributed by atoms with van der Waals surface area (Å²) in [5, 5.41) is 9.19. The third kappa shape index (κ3) is 4.28. The van der Waals surface area contributed by atoms with Crippen molar-refractivity contribution < 1.29 is 0 Å². The van der Waals surface area contributed by atoms with E-state index in [0.717, 1.165) is 18.7 Å². The maximum absolute atomic E-state index is 8.68. The number of nitrogens with zero attached hydrogens (tertiary/aromatic N) is 3. The predicted octanol–water partition coefficient (Wildman–Crippen LogP) is 2.33. The van der Waals surface area contributed by atoms with E-state index in [1.54, 1.807) is 12.3 Å². The molecule has 0 radical (unpaired) electrons. The van der Waals surface area contributed by atoms with Crippen molar-refractivity contribution in [1.29, 1.82) is 5.26 Å². The first-order chi connectivity index (χ1) is 7.11. The highest BCUT2D eigenvalue weighted by molar-refractivity contribution is 6.29. The van der Waals surface area contributed by atoms with Crippen LogP contribution in [0.25, 0.3) is 0 Å². The maximum atomic E-state index is 8.68. The monoisotopic (exact) mass is 223 g/mol. The third-order valence-corrected chi connectivity index (χ3v) is 2.27. The van der Waals surface area contributed by atoms with Crippen LogP contribution in [-0.2, 0) is 6.54 Å². The van der Waals surface area contributed by atoms with Gasteiger partial charge in [-0.25, -0.2) is 4.98 Å². The maximum Gasteiger partial charge on any atom is 0.129 e. The van der Waals surface area contributed by atoms with E-state index in [4.69, 9.17) is 16.9 Å². The van der Waals surface area contributed by atoms with Gasteiger partial charge in [-0.05, 0) is 25.6 Å². The van der Waals surface area contributed by atoms with Crippen molar-refractivity contribution in [3.8, 4) is 6.07 Å². The molecule has 1 aromatic heterocycles. The summed E-state index contributed by atoms with van der Waals surface area (Å²) in [5.74, 6) is 0.0512. The van der Waals surface area contributed by atoms with Crippen LogP contribution < -0.4 is 0 Å². The summed E-state index contributed by atoms with van der Waals surface area (Å²) in [4.78, 5) is 6.10. The van der Waals surface area contributed by atoms with E-state index in [1.807, 2.05) is 20.0 Å². The normalized spacial score (nSPS) is 12.5. The van der Waals surface area contributed by atoms with E-state index >= 15 is 0 Å². The molecule has 0 spiro atoms. The summed E-state index contributed by atoms with van der Waals surface area (Å²) in [6, 6.07) is 5.94. The molecule has 0 saturated heterocycles. The first-order valence-corrected chi connectivity index (χ1v) is 5.18. The number of nitriles is 1. The molecule has 0 N–H and O–H groups in total. The van der Waals surface area contributed by atoms with E-state index in [2.05, 4.69) is 16.0 Å². The van der Waals surface area contributed by atoms with Gasteiger partial charge in [-0.15, -0.1) is 0 Å². The molecule has 1 rings (SSSR count). The molecule has 0 amide bonds. The van der Waals surface area contributed by atoms with Crippen LogP contribution in [0.5, 0.6) is 0 Å². The Labute approximate surface area is 95.3 Å². The Morgan fingerprint density at radius 1 is 1.60 bits per heavy atom. The Kier molecular flexibility index (Phi) is 4.54. The fraction of sp³-hybridized carbons (Fsp3) is 0.455. The highest BCUT2D eigenvalue weighted by Crippen LogP contribution is 2.08. The van der Waals surface area contributed by atoms with Crippen molar-refractivity contribution in [2.45, 2.75) is 13.5 Å². The zero-order valence-electron chi connectivity index (χ0n) is 8.94. The van der Waals surface area contributed by atoms with Gasteiger partial charge in [0.1, 0.15) is 5.15 Å². The number of hydrogen-bond donors (Lipinski definition) is 0. The molecule has 4 heteroatoms. The zero-order chi connectivity index (χ0) is 11.3. The van der Waals surface area contributed by atoms with Crippen molar-refractivity contribution in [2.24, 2.45) is 5.92 Å². The molecule has 0 bridgehead atoms. The molecular formula is C11H14ClN3. The van der Waals surface area contributed by atoms with Crippen LogP contribution in [0.1, 0.15) is 12.5 Å². The van der Waals surface area contributed by atoms with Crippen molar-refractivity contribution in [1.82, 2.24) is 9.88 Å². The van der Waals surface area contributed by atoms with Crippen LogP contribution in [0.2, 0.25) is 5.15 Å². The molecule has 0 saturated carbocycles. The van der Waals surface area contributed by atoms with Gasteiger partial charge in [-0.3, -0.25) is 0 Å². The summed E-state index contributed by atoms with van der Waals surface area (Å²) in [6.07, 6.45) is 1.76. The quantitative estimate of drug-likeness (QED) is 0.736. The summed E-state index contributed by atoms with van der Waals surface area (Å²) in [5.41, 5.74) is 1.10. The van der Waals surface area contributed by atoms with Gasteiger partial charge < -0.3 is 4.90 Å². The minimum atomic E-state index is 0.0512. The van der Waals surface area contributed by atoms with E-state index in [0.29, 0.717) is 5.15 Å². The molecule has 0 aromatic carbocycles. The molecule has 1 atom stereocenters. The van der Waals surface area contributed by atoms with Crippen LogP contribution in [-0.4, -0.2) is 23.5 Å². The zero-order valence-corrected chi connectivity index (χ0v) is 9.70. The second-order valence-corrected chi connectivity index (χ2v) is 4.10. The Hall–Kier alpha value is -1.11. The summed E-state index contributed by atoms with van der Waals surface area (Å²) in [7, 11) is 1.99. The van der Waals surface area contributed by atoms with E-state index in [1.165, 1.54) is 0 Å². The summed E-state index contributed by atoms with van der Waals surface area (Å²) >= 11 is 5.69. The Morgan fingerprint density at radius 3 is 2.87 bits per heavy atom. The van der Waals surface area contributed by atoms with Crippen LogP contribution in [0.4, 0.5) is 0 Å². The lowest BCUT2D eigenvalue weighted by Crippen LogP contribution is -2.23. The van der Waals surface area contributed by atoms with E-state index in [-0.39, 0.29) is 5.92 Å². The predicted molar refractivity (Wildman–Crippen MR) is 60.4 cm³/mol. The topological polar surface area (TPSA) is 39.9 Å². The van der Waals surface area contributed by atoms with Gasteiger partial charge in [-0.2, -0.15) is 5.26 Å². The third-order valence-electron chi connectivity index (χ3n) is 2.05. The minimum absolute atomic E-state index is 0.0512. The molecule has 80 valence electrons. The highest BCUT2D eigenvalue weighted by Gasteiger charge is 2.05. The number of rotatable bonds is 4. The van der Waals surface area contributed by atoms with Gasteiger partial charge in [0.25, 0.3) is 0 Å². The standard InChI is InChI=1S/C11H14ClN3/c1-9(5-13)7-15(2)8-10-3-4-11(12)14-6-10/h3-4,6,9H,7-8H2,1-2H3.